The molecule has 1 aliphatic heterocycles. The zero-order valence-electron chi connectivity index (χ0n) is 12.9. The summed E-state index contributed by atoms with van der Waals surface area (Å²) in [5.41, 5.74) is 3.94. The van der Waals surface area contributed by atoms with Crippen LogP contribution in [0.1, 0.15) is 24.2 Å². The molecule has 0 aromatic heterocycles. The quantitative estimate of drug-likeness (QED) is 0.506. The second-order valence-corrected chi connectivity index (χ2v) is 5.81. The van der Waals surface area contributed by atoms with Gasteiger partial charge in [0.2, 0.25) is 0 Å². The molecule has 0 aliphatic carbocycles. The lowest BCUT2D eigenvalue weighted by atomic mass is 10.0. The summed E-state index contributed by atoms with van der Waals surface area (Å²) in [6, 6.07) is 11.8. The molecule has 1 heterocycles. The molecule has 1 amide bonds. The molecule has 22 heavy (non-hydrogen) atoms. The third-order valence-corrected chi connectivity index (χ3v) is 4.04. The number of nitrogen functional groups attached to an aromatic ring is 1. The van der Waals surface area contributed by atoms with Crippen molar-refractivity contribution >= 4 is 22.4 Å². The Bertz CT molecular complexity index is 691. The van der Waals surface area contributed by atoms with E-state index in [9.17, 15) is 4.79 Å². The van der Waals surface area contributed by atoms with E-state index in [0.29, 0.717) is 5.56 Å². The van der Waals surface area contributed by atoms with Crippen LogP contribution in [-0.2, 0) is 4.74 Å². The van der Waals surface area contributed by atoms with Crippen LogP contribution in [0, 0.1) is 0 Å². The number of carbonyl (C=O) groups excluding carboxylic acids is 1. The van der Waals surface area contributed by atoms with Crippen LogP contribution in [0.4, 0.5) is 5.69 Å². The minimum Gasteiger partial charge on any atom is -0.372 e. The van der Waals surface area contributed by atoms with Gasteiger partial charge in [-0.2, -0.15) is 0 Å². The summed E-state index contributed by atoms with van der Waals surface area (Å²) in [5.74, 6) is 5.01. The van der Waals surface area contributed by atoms with Gasteiger partial charge in [-0.15, -0.1) is 0 Å². The maximum Gasteiger partial charge on any atom is 0.265 e. The lowest BCUT2D eigenvalue weighted by molar-refractivity contribution is -0.00513. The third kappa shape index (κ3) is 2.65. The van der Waals surface area contributed by atoms with Crippen LogP contribution in [0.3, 0.4) is 0 Å². The van der Waals surface area contributed by atoms with Gasteiger partial charge in [0.05, 0.1) is 12.2 Å². The predicted molar refractivity (Wildman–Crippen MR) is 87.8 cm³/mol. The standard InChI is InChI=1S/C17H21N3O2/c1-11-9-20(10-12(2)22-11)16-8-7-15(17(21)19-18)13-5-3-4-6-14(13)16/h3-8,11-12H,9-10,18H2,1-2H3,(H,19,21). The maximum absolute atomic E-state index is 11.9. The number of anilines is 1. The molecule has 2 atom stereocenters. The Morgan fingerprint density at radius 2 is 1.77 bits per heavy atom. The number of nitrogens with one attached hydrogen (secondary N) is 1. The normalized spacial score (nSPS) is 21.9. The molecule has 5 nitrogen and oxygen atoms in total. The lowest BCUT2D eigenvalue weighted by Crippen LogP contribution is -2.45. The molecule has 0 radical (unpaired) electrons. The van der Waals surface area contributed by atoms with Gasteiger partial charge in [-0.05, 0) is 31.4 Å². The number of rotatable bonds is 2. The van der Waals surface area contributed by atoms with Crippen LogP contribution in [0.2, 0.25) is 0 Å². The smallest absolute Gasteiger partial charge is 0.265 e. The Hall–Kier alpha value is -2.11. The van der Waals surface area contributed by atoms with Gasteiger partial charge < -0.3 is 9.64 Å². The van der Waals surface area contributed by atoms with Crippen LogP contribution in [-0.4, -0.2) is 31.2 Å². The van der Waals surface area contributed by atoms with Gasteiger partial charge in [-0.25, -0.2) is 5.84 Å². The van der Waals surface area contributed by atoms with Crippen LogP contribution < -0.4 is 16.2 Å². The molecule has 2 aromatic rings. The number of benzene rings is 2. The average molecular weight is 299 g/mol. The minimum atomic E-state index is -0.272. The fraction of sp³-hybridized carbons (Fsp3) is 0.353. The fourth-order valence-electron chi connectivity index (χ4n) is 3.21. The van der Waals surface area contributed by atoms with Crippen molar-refractivity contribution in [2.75, 3.05) is 18.0 Å². The Balaban J connectivity index is 2.10. The Morgan fingerprint density at radius 1 is 1.14 bits per heavy atom. The number of carbonyl (C=O) groups is 1. The molecule has 0 saturated carbocycles. The number of nitrogens with zero attached hydrogens (tertiary/aromatic N) is 1. The van der Waals surface area contributed by atoms with E-state index < -0.39 is 0 Å². The Kier molecular flexibility index (Phi) is 4.00. The maximum atomic E-state index is 11.9. The fourth-order valence-corrected chi connectivity index (χ4v) is 3.21. The number of nitrogens with two attached hydrogens (primary N) is 1. The van der Waals surface area contributed by atoms with Crippen LogP contribution in [0.15, 0.2) is 36.4 Å². The van der Waals surface area contributed by atoms with Gasteiger partial charge in [0.25, 0.3) is 5.91 Å². The van der Waals surface area contributed by atoms with Crippen molar-refractivity contribution in [3.63, 3.8) is 0 Å². The van der Waals surface area contributed by atoms with Crippen molar-refractivity contribution < 1.29 is 9.53 Å². The molecule has 5 heteroatoms. The molecule has 1 saturated heterocycles. The number of fused-ring (bicyclic) bond motifs is 1. The monoisotopic (exact) mass is 299 g/mol. The van der Waals surface area contributed by atoms with E-state index in [1.165, 1.54) is 0 Å². The van der Waals surface area contributed by atoms with Crippen molar-refractivity contribution in [3.05, 3.63) is 42.0 Å². The van der Waals surface area contributed by atoms with Crippen LogP contribution in [0.25, 0.3) is 10.8 Å². The SMILES string of the molecule is CC1CN(c2ccc(C(=O)NN)c3ccccc23)CC(C)O1. The van der Waals surface area contributed by atoms with Crippen molar-refractivity contribution in [1.82, 2.24) is 5.43 Å². The molecule has 1 fully saturated rings. The van der Waals surface area contributed by atoms with E-state index in [2.05, 4.69) is 24.2 Å². The molecule has 0 bridgehead atoms. The molecule has 1 aliphatic rings. The molecular formula is C17H21N3O2. The molecule has 2 unspecified atom stereocenters. The Morgan fingerprint density at radius 3 is 2.41 bits per heavy atom. The Labute approximate surface area is 130 Å². The van der Waals surface area contributed by atoms with Crippen LogP contribution >= 0.6 is 0 Å². The molecule has 0 spiro atoms. The topological polar surface area (TPSA) is 67.6 Å². The van der Waals surface area contributed by atoms with E-state index in [1.807, 2.05) is 36.4 Å². The first kappa shape index (κ1) is 14.8. The third-order valence-electron chi connectivity index (χ3n) is 4.04. The van der Waals surface area contributed by atoms with Crippen molar-refractivity contribution in [1.29, 1.82) is 0 Å². The lowest BCUT2D eigenvalue weighted by Gasteiger charge is -2.37. The van der Waals surface area contributed by atoms with Crippen molar-refractivity contribution in [2.45, 2.75) is 26.1 Å². The number of hydrogen-bond acceptors (Lipinski definition) is 4. The van der Waals surface area contributed by atoms with Gasteiger partial charge in [-0.1, -0.05) is 24.3 Å². The first-order valence-corrected chi connectivity index (χ1v) is 7.53. The summed E-state index contributed by atoms with van der Waals surface area (Å²) in [7, 11) is 0. The van der Waals surface area contributed by atoms with E-state index in [4.69, 9.17) is 10.6 Å². The van der Waals surface area contributed by atoms with Gasteiger partial charge in [0.15, 0.2) is 0 Å². The summed E-state index contributed by atoms with van der Waals surface area (Å²) in [6.07, 6.45) is 0.379. The number of hydrogen-bond donors (Lipinski definition) is 2. The van der Waals surface area contributed by atoms with Crippen LogP contribution in [0.5, 0.6) is 0 Å². The summed E-state index contributed by atoms with van der Waals surface area (Å²) in [5, 5.41) is 1.97. The highest BCUT2D eigenvalue weighted by Gasteiger charge is 2.24. The molecule has 3 rings (SSSR count). The highest BCUT2D eigenvalue weighted by atomic mass is 16.5. The van der Waals surface area contributed by atoms with Gasteiger partial charge >= 0.3 is 0 Å². The second-order valence-electron chi connectivity index (χ2n) is 5.81. The zero-order chi connectivity index (χ0) is 15.7. The first-order valence-electron chi connectivity index (χ1n) is 7.53. The summed E-state index contributed by atoms with van der Waals surface area (Å²) < 4.78 is 5.81. The van der Waals surface area contributed by atoms with Gasteiger partial charge in [0.1, 0.15) is 0 Å². The van der Waals surface area contributed by atoms with Gasteiger partial charge in [-0.3, -0.25) is 10.2 Å². The minimum absolute atomic E-state index is 0.189. The van der Waals surface area contributed by atoms with E-state index in [-0.39, 0.29) is 18.1 Å². The van der Waals surface area contributed by atoms with Crippen molar-refractivity contribution in [2.24, 2.45) is 5.84 Å². The summed E-state index contributed by atoms with van der Waals surface area (Å²) >= 11 is 0. The molecule has 3 N–H and O–H groups in total. The van der Waals surface area contributed by atoms with E-state index in [1.54, 1.807) is 0 Å². The average Bonchev–Trinajstić information content (AvgIpc) is 2.52. The van der Waals surface area contributed by atoms with Crippen molar-refractivity contribution in [3.8, 4) is 0 Å². The largest absolute Gasteiger partial charge is 0.372 e. The van der Waals surface area contributed by atoms with E-state index in [0.717, 1.165) is 29.5 Å². The zero-order valence-corrected chi connectivity index (χ0v) is 12.9. The van der Waals surface area contributed by atoms with Gasteiger partial charge in [0, 0.05) is 29.7 Å². The summed E-state index contributed by atoms with van der Waals surface area (Å²) in [4.78, 5) is 14.3. The first-order chi connectivity index (χ1) is 10.6. The highest BCUT2D eigenvalue weighted by Crippen LogP contribution is 2.31. The summed E-state index contributed by atoms with van der Waals surface area (Å²) in [6.45, 7) is 5.86. The number of morpholine rings is 1. The van der Waals surface area contributed by atoms with E-state index >= 15 is 0 Å². The number of amides is 1. The molecular weight excluding hydrogens is 278 g/mol. The number of ether oxygens (including phenoxy) is 1. The number of hydrazine groups is 1. The molecule has 2 aromatic carbocycles. The predicted octanol–water partition coefficient (Wildman–Crippen LogP) is 2.06. The molecule has 116 valence electrons. The highest BCUT2D eigenvalue weighted by molar-refractivity contribution is 6.10. The second kappa shape index (κ2) is 5.94.